The maximum absolute atomic E-state index is 13.3. The number of nitrogens with one attached hydrogen (secondary N) is 2. The van der Waals surface area contributed by atoms with E-state index in [1.165, 1.54) is 7.11 Å². The van der Waals surface area contributed by atoms with Gasteiger partial charge in [0.1, 0.15) is 6.04 Å². The van der Waals surface area contributed by atoms with Crippen molar-refractivity contribution < 1.29 is 24.2 Å². The molecule has 0 spiro atoms. The molecule has 1 heterocycles. The molecule has 1 aliphatic rings. The summed E-state index contributed by atoms with van der Waals surface area (Å²) in [6, 6.07) is 5.99. The standard InChI is InChI=1S/C24H36ClN3O5/c1-16(2)20(27-22(31)26-13-6-7-19(29)33-5)21(30)28-14-12-24(32,23(3,4)15-28)17-8-10-18(25)11-9-17/h8-11,16,20,32H,6-7,12-15H2,1-5H3,(H2,26,27,31)/t20-,24+/m1/s1. The number of urea groups is 1. The Labute approximate surface area is 201 Å². The van der Waals surface area contributed by atoms with Gasteiger partial charge in [-0.3, -0.25) is 9.59 Å². The average molecular weight is 482 g/mol. The average Bonchev–Trinajstić information content (AvgIpc) is 2.76. The largest absolute Gasteiger partial charge is 0.469 e. The Hall–Kier alpha value is -2.32. The highest BCUT2D eigenvalue weighted by Crippen LogP contribution is 2.46. The minimum Gasteiger partial charge on any atom is -0.469 e. The molecule has 0 aromatic heterocycles. The maximum atomic E-state index is 13.3. The summed E-state index contributed by atoms with van der Waals surface area (Å²) in [4.78, 5) is 38.6. The molecule has 1 aromatic rings. The second-order valence-corrected chi connectivity index (χ2v) is 10.00. The van der Waals surface area contributed by atoms with Crippen molar-refractivity contribution in [2.75, 3.05) is 26.7 Å². The van der Waals surface area contributed by atoms with Crippen LogP contribution in [-0.2, 0) is 19.9 Å². The molecule has 33 heavy (non-hydrogen) atoms. The number of halogens is 1. The Morgan fingerprint density at radius 1 is 1.21 bits per heavy atom. The number of amides is 3. The molecule has 2 rings (SSSR count). The number of likely N-dealkylation sites (tertiary alicyclic amines) is 1. The lowest BCUT2D eigenvalue weighted by atomic mass is 9.66. The molecule has 9 heteroatoms. The van der Waals surface area contributed by atoms with E-state index in [-0.39, 0.29) is 24.2 Å². The van der Waals surface area contributed by atoms with Crippen LogP contribution in [0.1, 0.15) is 52.5 Å². The van der Waals surface area contributed by atoms with Crippen LogP contribution in [0.2, 0.25) is 5.02 Å². The Morgan fingerprint density at radius 3 is 2.39 bits per heavy atom. The van der Waals surface area contributed by atoms with Crippen molar-refractivity contribution in [3.63, 3.8) is 0 Å². The minimum absolute atomic E-state index is 0.126. The van der Waals surface area contributed by atoms with Crippen molar-refractivity contribution >= 4 is 29.5 Å². The monoisotopic (exact) mass is 481 g/mol. The maximum Gasteiger partial charge on any atom is 0.315 e. The quantitative estimate of drug-likeness (QED) is 0.390. The summed E-state index contributed by atoms with van der Waals surface area (Å²) in [5.41, 5.74) is -0.952. The van der Waals surface area contributed by atoms with Gasteiger partial charge in [0.15, 0.2) is 0 Å². The van der Waals surface area contributed by atoms with Gasteiger partial charge in [0.05, 0.1) is 12.7 Å². The van der Waals surface area contributed by atoms with Crippen LogP contribution < -0.4 is 10.6 Å². The highest BCUT2D eigenvalue weighted by Gasteiger charge is 2.50. The number of ether oxygens (including phenoxy) is 1. The molecule has 0 radical (unpaired) electrons. The highest BCUT2D eigenvalue weighted by molar-refractivity contribution is 6.30. The fraction of sp³-hybridized carbons (Fsp3) is 0.625. The topological polar surface area (TPSA) is 108 Å². The van der Waals surface area contributed by atoms with Crippen LogP contribution in [0.4, 0.5) is 4.79 Å². The van der Waals surface area contributed by atoms with Gasteiger partial charge in [0.25, 0.3) is 0 Å². The number of benzene rings is 1. The van der Waals surface area contributed by atoms with Gasteiger partial charge in [-0.1, -0.05) is 51.4 Å². The van der Waals surface area contributed by atoms with Crippen molar-refractivity contribution in [1.29, 1.82) is 0 Å². The lowest BCUT2D eigenvalue weighted by Crippen LogP contribution is -2.61. The van der Waals surface area contributed by atoms with Gasteiger partial charge in [-0.05, 0) is 36.5 Å². The van der Waals surface area contributed by atoms with Gasteiger partial charge in [-0.15, -0.1) is 0 Å². The predicted molar refractivity (Wildman–Crippen MR) is 127 cm³/mol. The predicted octanol–water partition coefficient (Wildman–Crippen LogP) is 3.06. The molecule has 1 aromatic carbocycles. The number of carbonyl (C=O) groups is 3. The van der Waals surface area contributed by atoms with Crippen LogP contribution in [0.25, 0.3) is 0 Å². The molecular formula is C24H36ClN3O5. The van der Waals surface area contributed by atoms with E-state index in [0.29, 0.717) is 37.5 Å². The number of hydrogen-bond donors (Lipinski definition) is 3. The van der Waals surface area contributed by atoms with Crippen LogP contribution in [0.5, 0.6) is 0 Å². The van der Waals surface area contributed by atoms with E-state index in [1.807, 2.05) is 39.8 Å². The Balaban J connectivity index is 2.02. The summed E-state index contributed by atoms with van der Waals surface area (Å²) in [6.45, 7) is 8.63. The summed E-state index contributed by atoms with van der Waals surface area (Å²) in [6.07, 6.45) is 1.03. The van der Waals surface area contributed by atoms with E-state index in [9.17, 15) is 19.5 Å². The Bertz CT molecular complexity index is 843. The Kier molecular flexibility index (Phi) is 9.14. The van der Waals surface area contributed by atoms with Crippen LogP contribution >= 0.6 is 11.6 Å². The molecule has 1 fully saturated rings. The van der Waals surface area contributed by atoms with Crippen molar-refractivity contribution in [3.8, 4) is 0 Å². The second kappa shape index (κ2) is 11.2. The lowest BCUT2D eigenvalue weighted by molar-refractivity contribution is -0.155. The third kappa shape index (κ3) is 6.60. The molecule has 1 saturated heterocycles. The first-order valence-electron chi connectivity index (χ1n) is 11.3. The number of methoxy groups -OCH3 is 1. The fourth-order valence-electron chi connectivity index (χ4n) is 4.21. The summed E-state index contributed by atoms with van der Waals surface area (Å²) in [5, 5.41) is 17.6. The molecule has 0 aliphatic carbocycles. The number of nitrogens with zero attached hydrogens (tertiary/aromatic N) is 1. The van der Waals surface area contributed by atoms with Gasteiger partial charge >= 0.3 is 12.0 Å². The van der Waals surface area contributed by atoms with Crippen molar-refractivity contribution in [1.82, 2.24) is 15.5 Å². The van der Waals surface area contributed by atoms with Crippen molar-refractivity contribution in [3.05, 3.63) is 34.9 Å². The molecule has 1 aliphatic heterocycles. The first-order chi connectivity index (χ1) is 15.4. The summed E-state index contributed by atoms with van der Waals surface area (Å²) in [5.74, 6) is -0.641. The first kappa shape index (κ1) is 26.9. The highest BCUT2D eigenvalue weighted by atomic mass is 35.5. The number of hydrogen-bond acceptors (Lipinski definition) is 5. The first-order valence-corrected chi connectivity index (χ1v) is 11.7. The van der Waals surface area contributed by atoms with E-state index in [4.69, 9.17) is 11.6 Å². The molecule has 0 saturated carbocycles. The lowest BCUT2D eigenvalue weighted by Gasteiger charge is -2.51. The van der Waals surface area contributed by atoms with E-state index in [1.54, 1.807) is 17.0 Å². The third-order valence-electron chi connectivity index (χ3n) is 6.37. The molecule has 2 atom stereocenters. The van der Waals surface area contributed by atoms with Gasteiger partial charge in [0.2, 0.25) is 5.91 Å². The summed E-state index contributed by atoms with van der Waals surface area (Å²) < 4.78 is 4.58. The summed E-state index contributed by atoms with van der Waals surface area (Å²) >= 11 is 6.00. The van der Waals surface area contributed by atoms with Crippen LogP contribution in [0.3, 0.4) is 0 Å². The summed E-state index contributed by atoms with van der Waals surface area (Å²) in [7, 11) is 1.32. The molecular weight excluding hydrogens is 446 g/mol. The minimum atomic E-state index is -1.11. The second-order valence-electron chi connectivity index (χ2n) is 9.56. The van der Waals surface area contributed by atoms with Crippen LogP contribution in [0.15, 0.2) is 24.3 Å². The fourth-order valence-corrected chi connectivity index (χ4v) is 4.34. The van der Waals surface area contributed by atoms with E-state index >= 15 is 0 Å². The van der Waals surface area contributed by atoms with Crippen molar-refractivity contribution in [2.24, 2.45) is 11.3 Å². The zero-order valence-corrected chi connectivity index (χ0v) is 20.9. The van der Waals surface area contributed by atoms with Crippen LogP contribution in [0, 0.1) is 11.3 Å². The number of aliphatic hydroxyl groups is 1. The number of rotatable bonds is 8. The van der Waals surface area contributed by atoms with Crippen molar-refractivity contribution in [2.45, 2.75) is 58.6 Å². The molecule has 184 valence electrons. The number of piperidine rings is 1. The van der Waals surface area contributed by atoms with Gasteiger partial charge in [-0.25, -0.2) is 4.79 Å². The van der Waals surface area contributed by atoms with E-state index in [0.717, 1.165) is 5.56 Å². The molecule has 0 bridgehead atoms. The third-order valence-corrected chi connectivity index (χ3v) is 6.62. The Morgan fingerprint density at radius 2 is 1.85 bits per heavy atom. The smallest absolute Gasteiger partial charge is 0.315 e. The number of esters is 1. The zero-order chi connectivity index (χ0) is 24.8. The van der Waals surface area contributed by atoms with E-state index in [2.05, 4.69) is 15.4 Å². The molecule has 3 amide bonds. The van der Waals surface area contributed by atoms with E-state index < -0.39 is 23.1 Å². The normalized spacial score (nSPS) is 20.8. The molecule has 0 unspecified atom stereocenters. The zero-order valence-electron chi connectivity index (χ0n) is 20.1. The molecule has 3 N–H and O–H groups in total. The SMILES string of the molecule is COC(=O)CCCNC(=O)N[C@@H](C(=O)N1CC[C@](O)(c2ccc(Cl)cc2)C(C)(C)C1)C(C)C. The number of carbonyl (C=O) groups excluding carboxylic acids is 3. The van der Waals surface area contributed by atoms with Gasteiger partial charge in [0, 0.05) is 36.5 Å². The van der Waals surface area contributed by atoms with Gasteiger partial charge < -0.3 is 25.4 Å². The van der Waals surface area contributed by atoms with Crippen LogP contribution in [-0.4, -0.2) is 60.7 Å². The van der Waals surface area contributed by atoms with Gasteiger partial charge in [-0.2, -0.15) is 0 Å². The molecule has 8 nitrogen and oxygen atoms in total.